The van der Waals surface area contributed by atoms with Crippen LogP contribution in [-0.2, 0) is 25.1 Å². The van der Waals surface area contributed by atoms with E-state index in [-0.39, 0.29) is 6.42 Å². The molecule has 0 fully saturated rings. The number of benzene rings is 1. The van der Waals surface area contributed by atoms with Gasteiger partial charge in [0.25, 0.3) is 5.91 Å². The van der Waals surface area contributed by atoms with Crippen molar-refractivity contribution < 1.29 is 28.4 Å². The van der Waals surface area contributed by atoms with Crippen molar-refractivity contribution in [1.29, 1.82) is 0 Å². The summed E-state index contributed by atoms with van der Waals surface area (Å²) in [5, 5.41) is 23.2. The van der Waals surface area contributed by atoms with E-state index in [1.807, 2.05) is 36.4 Å². The maximum absolute atomic E-state index is 12.2. The first-order chi connectivity index (χ1) is 14.8. The molecule has 0 spiro atoms. The molecule has 1 aromatic carbocycles. The number of oxime groups is 1. The highest BCUT2D eigenvalue weighted by Crippen LogP contribution is 2.30. The maximum Gasteiger partial charge on any atom is 0.264 e. The topological polar surface area (TPSA) is 138 Å². The number of nitrogens with zero attached hydrogens (tertiary/aromatic N) is 2. The molecule has 1 aliphatic heterocycles. The van der Waals surface area contributed by atoms with Gasteiger partial charge in [0.15, 0.2) is 14.6 Å². The van der Waals surface area contributed by atoms with E-state index in [9.17, 15) is 18.3 Å². The zero-order chi connectivity index (χ0) is 23.7. The van der Waals surface area contributed by atoms with Crippen molar-refractivity contribution in [3.8, 4) is 11.1 Å². The quantitative estimate of drug-likeness (QED) is 0.424. The number of amides is 1. The van der Waals surface area contributed by atoms with Gasteiger partial charge in [0, 0.05) is 25.3 Å². The Kier molecular flexibility index (Phi) is 6.41. The average molecular weight is 462 g/mol. The lowest BCUT2D eigenvalue weighted by Crippen LogP contribution is -2.51. The van der Waals surface area contributed by atoms with Crippen LogP contribution in [0.4, 0.5) is 0 Å². The summed E-state index contributed by atoms with van der Waals surface area (Å²) in [7, 11) is -3.82. The smallest absolute Gasteiger partial charge is 0.264 e. The minimum atomic E-state index is -3.82. The van der Waals surface area contributed by atoms with Gasteiger partial charge in [-0.05, 0) is 49.6 Å². The summed E-state index contributed by atoms with van der Waals surface area (Å²) in [6.45, 7) is 4.60. The van der Waals surface area contributed by atoms with Gasteiger partial charge in [0.1, 0.15) is 11.7 Å². The van der Waals surface area contributed by atoms with Gasteiger partial charge in [-0.2, -0.15) is 0 Å². The molecule has 2 aromatic rings. The minimum Gasteiger partial charge on any atom is -0.392 e. The van der Waals surface area contributed by atoms with Gasteiger partial charge < -0.3 is 9.94 Å². The van der Waals surface area contributed by atoms with Gasteiger partial charge in [-0.25, -0.2) is 13.9 Å². The van der Waals surface area contributed by atoms with Crippen molar-refractivity contribution >= 4 is 21.5 Å². The third-order valence-electron chi connectivity index (χ3n) is 5.69. The molecule has 2 atom stereocenters. The van der Waals surface area contributed by atoms with Crippen molar-refractivity contribution in [3.63, 3.8) is 0 Å². The fourth-order valence-corrected chi connectivity index (χ4v) is 4.34. The summed E-state index contributed by atoms with van der Waals surface area (Å²) < 4.78 is 22.5. The fourth-order valence-electron chi connectivity index (χ4n) is 3.47. The average Bonchev–Trinajstić information content (AvgIpc) is 3.20. The third-order valence-corrected chi connectivity index (χ3v) is 7.68. The number of aliphatic hydroxyl groups is 1. The SMILES string of the molecule is CC(C)(O)c1cc(-c2ccc(C3=NO[C@@H](C[C@](C)(C(=O)NO)S(C)(=O)=O)C3)cc2)ccn1. The highest BCUT2D eigenvalue weighted by atomic mass is 32.2. The molecule has 9 nitrogen and oxygen atoms in total. The monoisotopic (exact) mass is 461 g/mol. The van der Waals surface area contributed by atoms with Crippen LogP contribution in [0.25, 0.3) is 11.1 Å². The van der Waals surface area contributed by atoms with Crippen molar-refractivity contribution in [2.75, 3.05) is 6.26 Å². The molecule has 172 valence electrons. The van der Waals surface area contributed by atoms with Gasteiger partial charge in [0.2, 0.25) is 0 Å². The number of aromatic nitrogens is 1. The van der Waals surface area contributed by atoms with Crippen LogP contribution >= 0.6 is 0 Å². The summed E-state index contributed by atoms with van der Waals surface area (Å²) in [6, 6.07) is 11.3. The number of carbonyl (C=O) groups excluding carboxylic acids is 1. The Balaban J connectivity index is 1.74. The molecule has 1 amide bonds. The summed E-state index contributed by atoms with van der Waals surface area (Å²) in [5.41, 5.74) is 4.23. The zero-order valence-electron chi connectivity index (χ0n) is 18.4. The highest BCUT2D eigenvalue weighted by Gasteiger charge is 2.47. The van der Waals surface area contributed by atoms with Crippen LogP contribution in [0, 0.1) is 0 Å². The molecule has 10 heteroatoms. The number of hydrogen-bond donors (Lipinski definition) is 3. The molecule has 0 bridgehead atoms. The van der Waals surface area contributed by atoms with E-state index in [1.54, 1.807) is 20.0 Å². The van der Waals surface area contributed by atoms with Crippen molar-refractivity contribution in [1.82, 2.24) is 10.5 Å². The van der Waals surface area contributed by atoms with E-state index in [0.717, 1.165) is 22.9 Å². The second kappa shape index (κ2) is 8.61. The number of carbonyl (C=O) groups is 1. The highest BCUT2D eigenvalue weighted by molar-refractivity contribution is 7.92. The first-order valence-corrected chi connectivity index (χ1v) is 11.9. The first kappa shape index (κ1) is 23.8. The standard InChI is InChI=1S/C22H27N3O6S/c1-21(2,27)19-11-16(9-10-23-19)14-5-7-15(8-6-14)18-12-17(31-25-18)13-22(3,20(26)24-28)32(4,29)30/h5-11,17,27-28H,12-13H2,1-4H3,(H,24,26)/t17-,22-/m1/s1. The van der Waals surface area contributed by atoms with E-state index in [2.05, 4.69) is 10.1 Å². The maximum atomic E-state index is 12.2. The summed E-state index contributed by atoms with van der Waals surface area (Å²) >= 11 is 0. The van der Waals surface area contributed by atoms with E-state index >= 15 is 0 Å². The van der Waals surface area contributed by atoms with Gasteiger partial charge in [0.05, 0.1) is 11.4 Å². The molecule has 2 heterocycles. The number of nitrogens with one attached hydrogen (secondary N) is 1. The molecule has 0 saturated carbocycles. The Bertz CT molecular complexity index is 1140. The van der Waals surface area contributed by atoms with Crippen LogP contribution in [0.1, 0.15) is 44.9 Å². The van der Waals surface area contributed by atoms with Crippen LogP contribution in [0.5, 0.6) is 0 Å². The Morgan fingerprint density at radius 3 is 2.34 bits per heavy atom. The molecular weight excluding hydrogens is 434 g/mol. The van der Waals surface area contributed by atoms with Crippen molar-refractivity contribution in [2.45, 2.75) is 50.1 Å². The second-order valence-electron chi connectivity index (χ2n) is 8.68. The molecule has 1 aliphatic rings. The zero-order valence-corrected chi connectivity index (χ0v) is 19.2. The largest absolute Gasteiger partial charge is 0.392 e. The van der Waals surface area contributed by atoms with E-state index in [0.29, 0.717) is 17.8 Å². The second-order valence-corrected chi connectivity index (χ2v) is 11.1. The van der Waals surface area contributed by atoms with Crippen LogP contribution in [0.15, 0.2) is 47.8 Å². The number of rotatable bonds is 7. The van der Waals surface area contributed by atoms with Gasteiger partial charge in [-0.3, -0.25) is 15.0 Å². The van der Waals surface area contributed by atoms with Gasteiger partial charge in [-0.1, -0.05) is 29.4 Å². The Morgan fingerprint density at radius 1 is 1.16 bits per heavy atom. The Morgan fingerprint density at radius 2 is 1.78 bits per heavy atom. The molecular formula is C22H27N3O6S. The number of hydrogen-bond acceptors (Lipinski definition) is 8. The lowest BCUT2D eigenvalue weighted by molar-refractivity contribution is -0.132. The van der Waals surface area contributed by atoms with Gasteiger partial charge >= 0.3 is 0 Å². The molecule has 0 unspecified atom stereocenters. The number of pyridine rings is 1. The van der Waals surface area contributed by atoms with Gasteiger partial charge in [-0.15, -0.1) is 0 Å². The summed E-state index contributed by atoms with van der Waals surface area (Å²) in [6.07, 6.45) is 2.13. The molecule has 0 aliphatic carbocycles. The predicted molar refractivity (Wildman–Crippen MR) is 119 cm³/mol. The van der Waals surface area contributed by atoms with Crippen LogP contribution in [-0.4, -0.2) is 52.4 Å². The van der Waals surface area contributed by atoms with Crippen LogP contribution in [0.3, 0.4) is 0 Å². The first-order valence-electron chi connectivity index (χ1n) is 10.0. The molecule has 1 aromatic heterocycles. The summed E-state index contributed by atoms with van der Waals surface area (Å²) in [5.74, 6) is -1.01. The lowest BCUT2D eigenvalue weighted by atomic mass is 9.95. The van der Waals surface area contributed by atoms with Crippen molar-refractivity contribution in [3.05, 3.63) is 53.9 Å². The number of sulfone groups is 1. The molecule has 3 N–H and O–H groups in total. The van der Waals surface area contributed by atoms with Crippen LogP contribution in [0.2, 0.25) is 0 Å². The van der Waals surface area contributed by atoms with E-state index in [1.165, 1.54) is 12.4 Å². The Hall–Kier alpha value is -2.82. The predicted octanol–water partition coefficient (Wildman–Crippen LogP) is 2.17. The van der Waals surface area contributed by atoms with Crippen LogP contribution < -0.4 is 5.48 Å². The minimum absolute atomic E-state index is 0.153. The van der Waals surface area contributed by atoms with Crippen molar-refractivity contribution in [2.24, 2.45) is 5.16 Å². The van der Waals surface area contributed by atoms with E-state index in [4.69, 9.17) is 10.0 Å². The number of hydroxylamine groups is 1. The Labute approximate surface area is 187 Å². The summed E-state index contributed by atoms with van der Waals surface area (Å²) in [4.78, 5) is 21.6. The normalized spacial score (nSPS) is 18.4. The lowest BCUT2D eigenvalue weighted by Gasteiger charge is -2.26. The third kappa shape index (κ3) is 4.82. The molecule has 3 rings (SSSR count). The molecule has 0 radical (unpaired) electrons. The fraction of sp³-hybridized carbons (Fsp3) is 0.409. The van der Waals surface area contributed by atoms with E-state index < -0.39 is 32.2 Å². The molecule has 32 heavy (non-hydrogen) atoms. The molecule has 0 saturated heterocycles.